The van der Waals surface area contributed by atoms with E-state index in [9.17, 15) is 4.79 Å². The number of imidazole rings is 1. The molecule has 29 heavy (non-hydrogen) atoms. The molecule has 152 valence electrons. The van der Waals surface area contributed by atoms with Crippen molar-refractivity contribution in [1.82, 2.24) is 14.5 Å². The van der Waals surface area contributed by atoms with E-state index in [4.69, 9.17) is 4.98 Å². The highest BCUT2D eigenvalue weighted by atomic mass is 16.2. The molecule has 4 rings (SSSR count). The molecule has 2 aromatic carbocycles. The number of amides is 1. The molecule has 1 aromatic heterocycles. The van der Waals surface area contributed by atoms with Crippen molar-refractivity contribution in [2.75, 3.05) is 42.9 Å². The van der Waals surface area contributed by atoms with Crippen LogP contribution in [0.15, 0.2) is 42.5 Å². The van der Waals surface area contributed by atoms with Crippen molar-refractivity contribution in [3.8, 4) is 0 Å². The number of anilines is 2. The van der Waals surface area contributed by atoms with Crippen molar-refractivity contribution in [2.45, 2.75) is 27.3 Å². The molecule has 0 bridgehead atoms. The number of fused-ring (bicyclic) bond motifs is 1. The van der Waals surface area contributed by atoms with Crippen molar-refractivity contribution in [3.05, 3.63) is 53.6 Å². The highest BCUT2D eigenvalue weighted by Crippen LogP contribution is 2.24. The summed E-state index contributed by atoms with van der Waals surface area (Å²) >= 11 is 0. The third kappa shape index (κ3) is 3.98. The van der Waals surface area contributed by atoms with Gasteiger partial charge in [-0.05, 0) is 44.0 Å². The Morgan fingerprint density at radius 2 is 1.69 bits per heavy atom. The van der Waals surface area contributed by atoms with E-state index in [0.29, 0.717) is 6.54 Å². The lowest BCUT2D eigenvalue weighted by molar-refractivity contribution is -0.117. The summed E-state index contributed by atoms with van der Waals surface area (Å²) in [7, 11) is 0. The van der Waals surface area contributed by atoms with Crippen LogP contribution in [0, 0.1) is 13.8 Å². The summed E-state index contributed by atoms with van der Waals surface area (Å²) in [5.41, 5.74) is 5.36. The quantitative estimate of drug-likeness (QED) is 0.724. The lowest BCUT2D eigenvalue weighted by atomic mass is 10.1. The zero-order valence-electron chi connectivity index (χ0n) is 17.5. The third-order valence-electron chi connectivity index (χ3n) is 5.72. The van der Waals surface area contributed by atoms with Crippen molar-refractivity contribution in [1.29, 1.82) is 0 Å². The molecule has 6 nitrogen and oxygen atoms in total. The lowest BCUT2D eigenvalue weighted by Crippen LogP contribution is -2.49. The van der Waals surface area contributed by atoms with E-state index < -0.39 is 0 Å². The molecule has 0 radical (unpaired) electrons. The van der Waals surface area contributed by atoms with Gasteiger partial charge < -0.3 is 14.8 Å². The molecule has 0 atom stereocenters. The number of carbonyl (C=O) groups is 1. The minimum absolute atomic E-state index is 0.0525. The van der Waals surface area contributed by atoms with Crippen LogP contribution in [0.1, 0.15) is 18.1 Å². The number of rotatable bonds is 5. The fraction of sp³-hybridized carbons (Fsp3) is 0.391. The van der Waals surface area contributed by atoms with Crippen LogP contribution in [0.2, 0.25) is 0 Å². The van der Waals surface area contributed by atoms with Crippen molar-refractivity contribution < 1.29 is 4.79 Å². The highest BCUT2D eigenvalue weighted by molar-refractivity contribution is 5.93. The Hall–Kier alpha value is -2.86. The minimum Gasteiger partial charge on any atom is -0.340 e. The molecule has 0 unspecified atom stereocenters. The zero-order chi connectivity index (χ0) is 20.4. The molecular weight excluding hydrogens is 362 g/mol. The summed E-state index contributed by atoms with van der Waals surface area (Å²) in [6.45, 7) is 11.0. The van der Waals surface area contributed by atoms with Gasteiger partial charge in [-0.15, -0.1) is 0 Å². The summed E-state index contributed by atoms with van der Waals surface area (Å²) in [5, 5.41) is 3.09. The first-order valence-corrected chi connectivity index (χ1v) is 10.4. The van der Waals surface area contributed by atoms with Crippen molar-refractivity contribution in [2.24, 2.45) is 0 Å². The van der Waals surface area contributed by atoms with Crippen LogP contribution in [-0.4, -0.2) is 53.1 Å². The van der Waals surface area contributed by atoms with Crippen LogP contribution in [0.3, 0.4) is 0 Å². The predicted molar refractivity (Wildman–Crippen MR) is 119 cm³/mol. The SMILES string of the molecule is CCn1c(N2CCN(CC(=O)Nc3c(C)cccc3C)CC2)nc2ccccc21. The minimum atomic E-state index is 0.0525. The molecule has 0 spiro atoms. The van der Waals surface area contributed by atoms with Gasteiger partial charge in [0.05, 0.1) is 17.6 Å². The molecule has 2 heterocycles. The number of nitrogens with one attached hydrogen (secondary N) is 1. The van der Waals surface area contributed by atoms with Gasteiger partial charge >= 0.3 is 0 Å². The highest BCUT2D eigenvalue weighted by Gasteiger charge is 2.23. The predicted octanol–water partition coefficient (Wildman–Crippen LogP) is 3.43. The van der Waals surface area contributed by atoms with Gasteiger partial charge in [-0.1, -0.05) is 30.3 Å². The first-order chi connectivity index (χ1) is 14.1. The topological polar surface area (TPSA) is 53.4 Å². The van der Waals surface area contributed by atoms with Gasteiger partial charge in [-0.3, -0.25) is 9.69 Å². The molecule has 6 heteroatoms. The Balaban J connectivity index is 1.38. The molecule has 0 aliphatic carbocycles. The summed E-state index contributed by atoms with van der Waals surface area (Å²) in [6.07, 6.45) is 0. The van der Waals surface area contributed by atoms with E-state index in [1.165, 1.54) is 5.52 Å². The second-order valence-electron chi connectivity index (χ2n) is 7.72. The average molecular weight is 392 g/mol. The molecule has 1 aliphatic rings. The maximum absolute atomic E-state index is 12.6. The van der Waals surface area contributed by atoms with Crippen LogP contribution >= 0.6 is 0 Å². The summed E-state index contributed by atoms with van der Waals surface area (Å²) in [4.78, 5) is 22.0. The van der Waals surface area contributed by atoms with Crippen LogP contribution in [-0.2, 0) is 11.3 Å². The van der Waals surface area contributed by atoms with Crippen molar-refractivity contribution in [3.63, 3.8) is 0 Å². The summed E-state index contributed by atoms with van der Waals surface area (Å²) in [5.74, 6) is 1.09. The number of carbonyl (C=O) groups excluding carboxylic acids is 1. The Labute approximate surface area is 172 Å². The van der Waals surface area contributed by atoms with Gasteiger partial charge in [-0.2, -0.15) is 0 Å². The van der Waals surface area contributed by atoms with Gasteiger partial charge in [0.1, 0.15) is 0 Å². The lowest BCUT2D eigenvalue weighted by Gasteiger charge is -2.35. The van der Waals surface area contributed by atoms with Crippen LogP contribution < -0.4 is 10.2 Å². The van der Waals surface area contributed by atoms with Gasteiger partial charge in [0.2, 0.25) is 11.9 Å². The van der Waals surface area contributed by atoms with Crippen LogP contribution in [0.5, 0.6) is 0 Å². The van der Waals surface area contributed by atoms with Crippen molar-refractivity contribution >= 4 is 28.6 Å². The molecule has 1 fully saturated rings. The third-order valence-corrected chi connectivity index (χ3v) is 5.72. The summed E-state index contributed by atoms with van der Waals surface area (Å²) in [6, 6.07) is 14.4. The van der Waals surface area contributed by atoms with Gasteiger partial charge in [0, 0.05) is 38.4 Å². The van der Waals surface area contributed by atoms with Gasteiger partial charge in [-0.25, -0.2) is 4.98 Å². The van der Waals surface area contributed by atoms with Gasteiger partial charge in [0.15, 0.2) is 0 Å². The normalized spacial score (nSPS) is 15.1. The maximum atomic E-state index is 12.6. The van der Waals surface area contributed by atoms with E-state index in [-0.39, 0.29) is 5.91 Å². The maximum Gasteiger partial charge on any atom is 0.238 e. The first-order valence-electron chi connectivity index (χ1n) is 10.4. The molecule has 1 amide bonds. The average Bonchev–Trinajstić information content (AvgIpc) is 3.10. The monoisotopic (exact) mass is 391 g/mol. The van der Waals surface area contributed by atoms with Gasteiger partial charge in [0.25, 0.3) is 0 Å². The Bertz CT molecular complexity index is 997. The number of hydrogen-bond donors (Lipinski definition) is 1. The second kappa shape index (κ2) is 8.25. The molecule has 0 saturated carbocycles. The van der Waals surface area contributed by atoms with Crippen LogP contribution in [0.4, 0.5) is 11.6 Å². The van der Waals surface area contributed by atoms with Crippen LogP contribution in [0.25, 0.3) is 11.0 Å². The first kappa shape index (κ1) is 19.5. The van der Waals surface area contributed by atoms with E-state index in [0.717, 1.165) is 61.0 Å². The number of piperazine rings is 1. The number of hydrogen-bond acceptors (Lipinski definition) is 4. The number of nitrogens with zero attached hydrogens (tertiary/aromatic N) is 4. The van der Waals surface area contributed by atoms with E-state index >= 15 is 0 Å². The Morgan fingerprint density at radius 1 is 1.00 bits per heavy atom. The second-order valence-corrected chi connectivity index (χ2v) is 7.72. The number of aryl methyl sites for hydroxylation is 3. The number of para-hydroxylation sites is 3. The van der Waals surface area contributed by atoms with E-state index in [2.05, 4.69) is 44.8 Å². The standard InChI is InChI=1S/C23H29N5O/c1-4-28-20-11-6-5-10-19(20)24-23(28)27-14-12-26(13-15-27)16-21(29)25-22-17(2)8-7-9-18(22)3/h5-11H,4,12-16H2,1-3H3,(H,25,29). The molecular formula is C23H29N5O. The largest absolute Gasteiger partial charge is 0.340 e. The molecule has 1 N–H and O–H groups in total. The number of benzene rings is 2. The smallest absolute Gasteiger partial charge is 0.238 e. The van der Waals surface area contributed by atoms with E-state index in [1.54, 1.807) is 0 Å². The molecule has 1 saturated heterocycles. The molecule has 1 aliphatic heterocycles. The zero-order valence-corrected chi connectivity index (χ0v) is 17.5. The Morgan fingerprint density at radius 3 is 2.38 bits per heavy atom. The van der Waals surface area contributed by atoms with E-state index in [1.807, 2.05) is 38.1 Å². The Kier molecular flexibility index (Phi) is 5.53. The summed E-state index contributed by atoms with van der Waals surface area (Å²) < 4.78 is 2.28. The number of aromatic nitrogens is 2. The molecule has 3 aromatic rings. The fourth-order valence-corrected chi connectivity index (χ4v) is 4.12. The fourth-order valence-electron chi connectivity index (χ4n) is 4.12.